The molecule has 1 aliphatic heterocycles. The SMILES string of the molecule is Nc1cnn2c1C(=O)N(CCO)CC2. The zero-order valence-electron chi connectivity index (χ0n) is 7.68. The van der Waals surface area contributed by atoms with Gasteiger partial charge in [0.05, 0.1) is 25.0 Å². The van der Waals surface area contributed by atoms with Gasteiger partial charge in [0, 0.05) is 13.1 Å². The molecule has 1 amide bonds. The number of aliphatic hydroxyl groups excluding tert-OH is 1. The lowest BCUT2D eigenvalue weighted by molar-refractivity contribution is 0.0662. The summed E-state index contributed by atoms with van der Waals surface area (Å²) in [6.45, 7) is 1.54. The molecule has 1 aliphatic rings. The van der Waals surface area contributed by atoms with Crippen LogP contribution in [0.4, 0.5) is 5.69 Å². The van der Waals surface area contributed by atoms with Gasteiger partial charge in [0.1, 0.15) is 5.69 Å². The molecular formula is C8H12N4O2. The molecule has 0 saturated heterocycles. The fraction of sp³-hybridized carbons (Fsp3) is 0.500. The molecule has 76 valence electrons. The number of nitrogen functional groups attached to an aromatic ring is 1. The minimum absolute atomic E-state index is 0.0280. The molecule has 6 heteroatoms. The van der Waals surface area contributed by atoms with Gasteiger partial charge in [-0.3, -0.25) is 9.48 Å². The fourth-order valence-electron chi connectivity index (χ4n) is 1.60. The Kier molecular flexibility index (Phi) is 2.12. The van der Waals surface area contributed by atoms with Crippen molar-refractivity contribution in [2.24, 2.45) is 0 Å². The molecule has 1 aromatic heterocycles. The number of hydrogen-bond donors (Lipinski definition) is 2. The molecule has 14 heavy (non-hydrogen) atoms. The zero-order valence-corrected chi connectivity index (χ0v) is 7.68. The number of nitrogens with zero attached hydrogens (tertiary/aromatic N) is 3. The first kappa shape index (κ1) is 9.01. The van der Waals surface area contributed by atoms with Gasteiger partial charge in [0.25, 0.3) is 5.91 Å². The third-order valence-corrected chi connectivity index (χ3v) is 2.31. The molecule has 0 radical (unpaired) electrons. The maximum atomic E-state index is 11.8. The van der Waals surface area contributed by atoms with Crippen molar-refractivity contribution in [3.63, 3.8) is 0 Å². The van der Waals surface area contributed by atoms with E-state index in [2.05, 4.69) is 5.10 Å². The predicted molar refractivity (Wildman–Crippen MR) is 49.6 cm³/mol. The van der Waals surface area contributed by atoms with Gasteiger partial charge in [-0.15, -0.1) is 0 Å². The number of hydrogen-bond acceptors (Lipinski definition) is 4. The highest BCUT2D eigenvalue weighted by Gasteiger charge is 2.26. The summed E-state index contributed by atoms with van der Waals surface area (Å²) in [5.41, 5.74) is 6.45. The van der Waals surface area contributed by atoms with E-state index in [-0.39, 0.29) is 12.5 Å². The van der Waals surface area contributed by atoms with Crippen molar-refractivity contribution in [1.82, 2.24) is 14.7 Å². The molecule has 1 aromatic rings. The predicted octanol–water partition coefficient (Wildman–Crippen LogP) is -1.09. The second-order valence-corrected chi connectivity index (χ2v) is 3.19. The van der Waals surface area contributed by atoms with Gasteiger partial charge in [0.2, 0.25) is 0 Å². The molecule has 0 bridgehead atoms. The van der Waals surface area contributed by atoms with Crippen LogP contribution in [0.25, 0.3) is 0 Å². The average molecular weight is 196 g/mol. The fourth-order valence-corrected chi connectivity index (χ4v) is 1.60. The monoisotopic (exact) mass is 196 g/mol. The van der Waals surface area contributed by atoms with Gasteiger partial charge >= 0.3 is 0 Å². The third-order valence-electron chi connectivity index (χ3n) is 2.31. The number of nitrogens with two attached hydrogens (primary N) is 1. The highest BCUT2D eigenvalue weighted by molar-refractivity contribution is 5.97. The van der Waals surface area contributed by atoms with Crippen molar-refractivity contribution in [2.75, 3.05) is 25.4 Å². The van der Waals surface area contributed by atoms with Gasteiger partial charge in [-0.2, -0.15) is 5.10 Å². The Balaban J connectivity index is 2.30. The standard InChI is InChI=1S/C8H12N4O2/c9-6-5-10-12-2-1-11(3-4-13)8(14)7(6)12/h5,13H,1-4,9H2. The number of fused-ring (bicyclic) bond motifs is 1. The van der Waals surface area contributed by atoms with Crippen LogP contribution in [0.15, 0.2) is 6.20 Å². The summed E-state index contributed by atoms with van der Waals surface area (Å²) in [5, 5.41) is 12.7. The number of amides is 1. The summed E-state index contributed by atoms with van der Waals surface area (Å²) >= 11 is 0. The highest BCUT2D eigenvalue weighted by atomic mass is 16.3. The van der Waals surface area contributed by atoms with Crippen molar-refractivity contribution >= 4 is 11.6 Å². The molecule has 0 unspecified atom stereocenters. The Morgan fingerprint density at radius 3 is 3.07 bits per heavy atom. The first-order chi connectivity index (χ1) is 6.74. The Morgan fingerprint density at radius 2 is 2.36 bits per heavy atom. The first-order valence-electron chi connectivity index (χ1n) is 4.45. The van der Waals surface area contributed by atoms with E-state index in [1.807, 2.05) is 0 Å². The Hall–Kier alpha value is -1.56. The van der Waals surface area contributed by atoms with Crippen molar-refractivity contribution in [3.8, 4) is 0 Å². The van der Waals surface area contributed by atoms with Crippen LogP contribution in [0, 0.1) is 0 Å². The quantitative estimate of drug-likeness (QED) is 0.629. The number of β-amino-alcohol motifs (C(OH)–C–C–N with tert-alkyl or cyclic N) is 1. The largest absolute Gasteiger partial charge is 0.396 e. The van der Waals surface area contributed by atoms with Crippen LogP contribution >= 0.6 is 0 Å². The summed E-state index contributed by atoms with van der Waals surface area (Å²) < 4.78 is 1.60. The topological polar surface area (TPSA) is 84.4 Å². The van der Waals surface area contributed by atoms with Crippen LogP contribution < -0.4 is 5.73 Å². The summed E-state index contributed by atoms with van der Waals surface area (Å²) in [7, 11) is 0. The molecule has 0 atom stereocenters. The maximum absolute atomic E-state index is 11.8. The summed E-state index contributed by atoms with van der Waals surface area (Å²) in [6.07, 6.45) is 1.48. The molecule has 0 aromatic carbocycles. The van der Waals surface area contributed by atoms with Crippen molar-refractivity contribution in [3.05, 3.63) is 11.9 Å². The molecule has 0 saturated carbocycles. The number of carbonyl (C=O) groups excluding carboxylic acids is 1. The van der Waals surface area contributed by atoms with Crippen LogP contribution in [-0.4, -0.2) is 45.4 Å². The van der Waals surface area contributed by atoms with E-state index in [1.165, 1.54) is 6.20 Å². The molecule has 2 heterocycles. The van der Waals surface area contributed by atoms with Crippen molar-refractivity contribution in [1.29, 1.82) is 0 Å². The van der Waals surface area contributed by atoms with E-state index in [9.17, 15) is 4.79 Å². The lowest BCUT2D eigenvalue weighted by atomic mass is 10.2. The molecule has 2 rings (SSSR count). The van der Waals surface area contributed by atoms with E-state index in [0.717, 1.165) is 0 Å². The first-order valence-corrected chi connectivity index (χ1v) is 4.45. The molecule has 0 fully saturated rings. The van der Waals surface area contributed by atoms with Crippen LogP contribution in [0.1, 0.15) is 10.5 Å². The average Bonchev–Trinajstić information content (AvgIpc) is 2.54. The Labute approximate surface area is 80.9 Å². The summed E-state index contributed by atoms with van der Waals surface area (Å²) in [4.78, 5) is 13.3. The Morgan fingerprint density at radius 1 is 1.57 bits per heavy atom. The van der Waals surface area contributed by atoms with Crippen LogP contribution in [0.5, 0.6) is 0 Å². The highest BCUT2D eigenvalue weighted by Crippen LogP contribution is 2.17. The van der Waals surface area contributed by atoms with Crippen LogP contribution in [0.2, 0.25) is 0 Å². The minimum Gasteiger partial charge on any atom is -0.396 e. The van der Waals surface area contributed by atoms with Crippen molar-refractivity contribution < 1.29 is 9.90 Å². The van der Waals surface area contributed by atoms with E-state index in [1.54, 1.807) is 9.58 Å². The summed E-state index contributed by atoms with van der Waals surface area (Å²) in [6, 6.07) is 0. The number of carbonyl (C=O) groups is 1. The van der Waals surface area contributed by atoms with Gasteiger partial charge in [-0.05, 0) is 0 Å². The number of anilines is 1. The van der Waals surface area contributed by atoms with Gasteiger partial charge in [-0.25, -0.2) is 0 Å². The third kappa shape index (κ3) is 1.24. The minimum atomic E-state index is -0.152. The summed E-state index contributed by atoms with van der Waals surface area (Å²) in [5.74, 6) is -0.152. The molecule has 6 nitrogen and oxygen atoms in total. The molecular weight excluding hydrogens is 184 g/mol. The smallest absolute Gasteiger partial charge is 0.274 e. The van der Waals surface area contributed by atoms with Crippen LogP contribution in [0.3, 0.4) is 0 Å². The van der Waals surface area contributed by atoms with Gasteiger partial charge in [-0.1, -0.05) is 0 Å². The maximum Gasteiger partial charge on any atom is 0.274 e. The molecule has 3 N–H and O–H groups in total. The Bertz CT molecular complexity index is 360. The lowest BCUT2D eigenvalue weighted by Crippen LogP contribution is -2.42. The van der Waals surface area contributed by atoms with Gasteiger partial charge < -0.3 is 15.7 Å². The number of aromatic nitrogens is 2. The second-order valence-electron chi connectivity index (χ2n) is 3.19. The zero-order chi connectivity index (χ0) is 10.1. The van der Waals surface area contributed by atoms with E-state index >= 15 is 0 Å². The number of aliphatic hydroxyl groups is 1. The van der Waals surface area contributed by atoms with Crippen LogP contribution in [-0.2, 0) is 6.54 Å². The van der Waals surface area contributed by atoms with Gasteiger partial charge in [0.15, 0.2) is 0 Å². The van der Waals surface area contributed by atoms with E-state index in [0.29, 0.717) is 31.0 Å². The second kappa shape index (κ2) is 3.30. The van der Waals surface area contributed by atoms with E-state index < -0.39 is 0 Å². The molecule has 0 aliphatic carbocycles. The normalized spacial score (nSPS) is 15.8. The molecule has 0 spiro atoms. The number of rotatable bonds is 2. The van der Waals surface area contributed by atoms with E-state index in [4.69, 9.17) is 10.8 Å². The lowest BCUT2D eigenvalue weighted by Gasteiger charge is -2.26. The van der Waals surface area contributed by atoms with Crippen molar-refractivity contribution in [2.45, 2.75) is 6.54 Å².